The number of halogens is 2. The van der Waals surface area contributed by atoms with Gasteiger partial charge >= 0.3 is 0 Å². The van der Waals surface area contributed by atoms with Gasteiger partial charge in [0.15, 0.2) is 5.96 Å². The average molecular weight is 448 g/mol. The van der Waals surface area contributed by atoms with Crippen molar-refractivity contribution in [2.45, 2.75) is 26.9 Å². The Kier molecular flexibility index (Phi) is 7.84. The molecule has 5 nitrogen and oxygen atoms in total. The highest BCUT2D eigenvalue weighted by Gasteiger charge is 2.09. The van der Waals surface area contributed by atoms with E-state index >= 15 is 0 Å². The molecule has 0 radical (unpaired) electrons. The highest BCUT2D eigenvalue weighted by atomic mass is 127. The zero-order valence-corrected chi connectivity index (χ0v) is 16.9. The smallest absolute Gasteiger partial charge is 0.191 e. The number of aromatic nitrogens is 2. The molecule has 0 aliphatic rings. The van der Waals surface area contributed by atoms with Crippen LogP contribution in [0.4, 0.5) is 0 Å². The Hall–Kier alpha value is -1.28. The molecule has 0 spiro atoms. The van der Waals surface area contributed by atoms with Crippen LogP contribution in [0.15, 0.2) is 29.3 Å². The normalized spacial score (nSPS) is 11.1. The van der Waals surface area contributed by atoms with Crippen LogP contribution < -0.4 is 10.6 Å². The SMILES string of the molecule is CN=C(NCc1ccccc1Cl)NCc1c(C)nn(C)c1C.I. The Morgan fingerprint density at radius 3 is 2.43 bits per heavy atom. The standard InChI is InChI=1S/C16H22ClN5.HI/c1-11-14(12(2)22(4)21-11)10-20-16(18-3)19-9-13-7-5-6-8-15(13)17;/h5-8H,9-10H2,1-4H3,(H2,18,19,20);1H. The van der Waals surface area contributed by atoms with Crippen LogP contribution >= 0.6 is 35.6 Å². The topological polar surface area (TPSA) is 54.2 Å². The lowest BCUT2D eigenvalue weighted by molar-refractivity contribution is 0.728. The van der Waals surface area contributed by atoms with E-state index in [2.05, 4.69) is 27.6 Å². The van der Waals surface area contributed by atoms with Gasteiger partial charge in [0.2, 0.25) is 0 Å². The molecule has 23 heavy (non-hydrogen) atoms. The van der Waals surface area contributed by atoms with Gasteiger partial charge in [0.25, 0.3) is 0 Å². The Labute approximate surface area is 159 Å². The summed E-state index contributed by atoms with van der Waals surface area (Å²) in [6.45, 7) is 5.40. The Morgan fingerprint density at radius 2 is 1.87 bits per heavy atom. The number of benzene rings is 1. The maximum Gasteiger partial charge on any atom is 0.191 e. The van der Waals surface area contributed by atoms with Crippen LogP contribution in [0, 0.1) is 13.8 Å². The molecule has 0 saturated heterocycles. The van der Waals surface area contributed by atoms with Crippen molar-refractivity contribution in [3.8, 4) is 0 Å². The number of aryl methyl sites for hydroxylation is 2. The minimum Gasteiger partial charge on any atom is -0.352 e. The minimum atomic E-state index is 0. The fraction of sp³-hybridized carbons (Fsp3) is 0.375. The summed E-state index contributed by atoms with van der Waals surface area (Å²) in [5.41, 5.74) is 4.43. The Morgan fingerprint density at radius 1 is 1.22 bits per heavy atom. The quantitative estimate of drug-likeness (QED) is 0.430. The van der Waals surface area contributed by atoms with Crippen molar-refractivity contribution < 1.29 is 0 Å². The highest BCUT2D eigenvalue weighted by Crippen LogP contribution is 2.14. The van der Waals surface area contributed by atoms with Crippen LogP contribution in [0.3, 0.4) is 0 Å². The Bertz CT molecular complexity index is 681. The molecule has 7 heteroatoms. The van der Waals surface area contributed by atoms with E-state index < -0.39 is 0 Å². The van der Waals surface area contributed by atoms with Gasteiger partial charge in [-0.05, 0) is 25.5 Å². The highest BCUT2D eigenvalue weighted by molar-refractivity contribution is 14.0. The molecule has 0 saturated carbocycles. The van der Waals surface area contributed by atoms with E-state index in [1.807, 2.05) is 42.9 Å². The van der Waals surface area contributed by atoms with Crippen molar-refractivity contribution in [3.63, 3.8) is 0 Å². The van der Waals surface area contributed by atoms with Crippen LogP contribution in [0.2, 0.25) is 5.02 Å². The molecule has 0 unspecified atom stereocenters. The predicted octanol–water partition coefficient (Wildman–Crippen LogP) is 3.17. The van der Waals surface area contributed by atoms with Gasteiger partial charge in [-0.2, -0.15) is 5.10 Å². The molecule has 1 heterocycles. The van der Waals surface area contributed by atoms with Gasteiger partial charge in [0.05, 0.1) is 5.69 Å². The van der Waals surface area contributed by atoms with Gasteiger partial charge in [0, 0.05) is 43.5 Å². The number of hydrogen-bond donors (Lipinski definition) is 2. The van der Waals surface area contributed by atoms with Crippen LogP contribution in [-0.4, -0.2) is 22.8 Å². The minimum absolute atomic E-state index is 0. The Balaban J connectivity index is 0.00000264. The third-order valence-electron chi connectivity index (χ3n) is 3.72. The van der Waals surface area contributed by atoms with Gasteiger partial charge in [-0.3, -0.25) is 9.67 Å². The molecule has 1 aromatic heterocycles. The summed E-state index contributed by atoms with van der Waals surface area (Å²) in [6.07, 6.45) is 0. The molecule has 0 bridgehead atoms. The summed E-state index contributed by atoms with van der Waals surface area (Å²) >= 11 is 6.16. The van der Waals surface area contributed by atoms with E-state index in [4.69, 9.17) is 11.6 Å². The summed E-state index contributed by atoms with van der Waals surface area (Å²) in [5, 5.41) is 11.8. The zero-order valence-electron chi connectivity index (χ0n) is 13.9. The molecule has 2 aromatic rings. The van der Waals surface area contributed by atoms with E-state index in [0.717, 1.165) is 27.9 Å². The van der Waals surface area contributed by atoms with Crippen LogP contribution in [0.5, 0.6) is 0 Å². The third kappa shape index (κ3) is 5.10. The molecule has 0 fully saturated rings. The lowest BCUT2D eigenvalue weighted by Gasteiger charge is -2.13. The average Bonchev–Trinajstić information content (AvgIpc) is 2.74. The maximum atomic E-state index is 6.16. The summed E-state index contributed by atoms with van der Waals surface area (Å²) in [5.74, 6) is 0.738. The maximum absolute atomic E-state index is 6.16. The number of aliphatic imine (C=N–C) groups is 1. The summed E-state index contributed by atoms with van der Waals surface area (Å²) in [7, 11) is 3.71. The molecule has 126 valence electrons. The summed E-state index contributed by atoms with van der Waals surface area (Å²) < 4.78 is 1.90. The lowest BCUT2D eigenvalue weighted by Crippen LogP contribution is -2.36. The molecule has 0 amide bonds. The molecule has 0 aliphatic carbocycles. The largest absolute Gasteiger partial charge is 0.352 e. The second-order valence-corrected chi connectivity index (χ2v) is 5.55. The molecule has 0 atom stereocenters. The predicted molar refractivity (Wildman–Crippen MR) is 107 cm³/mol. The fourth-order valence-corrected chi connectivity index (χ4v) is 2.49. The second kappa shape index (κ2) is 9.12. The van der Waals surface area contributed by atoms with Gasteiger partial charge in [-0.15, -0.1) is 24.0 Å². The molecule has 0 aliphatic heterocycles. The van der Waals surface area contributed by atoms with Gasteiger partial charge < -0.3 is 10.6 Å². The van der Waals surface area contributed by atoms with E-state index in [9.17, 15) is 0 Å². The molecular formula is C16H23ClIN5. The lowest BCUT2D eigenvalue weighted by atomic mass is 10.2. The first-order valence-electron chi connectivity index (χ1n) is 7.20. The van der Waals surface area contributed by atoms with Crippen molar-refractivity contribution in [1.82, 2.24) is 20.4 Å². The van der Waals surface area contributed by atoms with Crippen molar-refractivity contribution in [2.24, 2.45) is 12.0 Å². The number of rotatable bonds is 4. The van der Waals surface area contributed by atoms with E-state index in [1.54, 1.807) is 7.05 Å². The number of hydrogen-bond acceptors (Lipinski definition) is 2. The molecule has 2 N–H and O–H groups in total. The first kappa shape index (κ1) is 19.8. The van der Waals surface area contributed by atoms with E-state index in [0.29, 0.717) is 13.1 Å². The van der Waals surface area contributed by atoms with Gasteiger partial charge in [0.1, 0.15) is 0 Å². The van der Waals surface area contributed by atoms with Crippen molar-refractivity contribution in [2.75, 3.05) is 7.05 Å². The molecule has 1 aromatic carbocycles. The fourth-order valence-electron chi connectivity index (χ4n) is 2.29. The van der Waals surface area contributed by atoms with Crippen molar-refractivity contribution >= 4 is 41.5 Å². The van der Waals surface area contributed by atoms with Crippen LogP contribution in [0.1, 0.15) is 22.5 Å². The van der Waals surface area contributed by atoms with E-state index in [1.165, 1.54) is 5.56 Å². The van der Waals surface area contributed by atoms with Crippen LogP contribution in [0.25, 0.3) is 0 Å². The first-order valence-corrected chi connectivity index (χ1v) is 7.57. The van der Waals surface area contributed by atoms with Crippen molar-refractivity contribution in [3.05, 3.63) is 51.8 Å². The van der Waals surface area contributed by atoms with Gasteiger partial charge in [-0.25, -0.2) is 0 Å². The van der Waals surface area contributed by atoms with E-state index in [-0.39, 0.29) is 24.0 Å². The molecular weight excluding hydrogens is 425 g/mol. The number of guanidine groups is 1. The molecule has 2 rings (SSSR count). The summed E-state index contributed by atoms with van der Waals surface area (Å²) in [4.78, 5) is 4.24. The third-order valence-corrected chi connectivity index (χ3v) is 4.09. The second-order valence-electron chi connectivity index (χ2n) is 5.14. The number of nitrogens with zero attached hydrogens (tertiary/aromatic N) is 3. The summed E-state index contributed by atoms with van der Waals surface area (Å²) in [6, 6.07) is 7.78. The first-order chi connectivity index (χ1) is 10.5. The number of nitrogens with one attached hydrogen (secondary N) is 2. The van der Waals surface area contributed by atoms with Crippen molar-refractivity contribution in [1.29, 1.82) is 0 Å². The monoisotopic (exact) mass is 447 g/mol. The van der Waals surface area contributed by atoms with Gasteiger partial charge in [-0.1, -0.05) is 29.8 Å². The zero-order chi connectivity index (χ0) is 16.1. The van der Waals surface area contributed by atoms with Crippen LogP contribution in [-0.2, 0) is 20.1 Å².